The second kappa shape index (κ2) is 5.39. The Bertz CT molecular complexity index is 355. The Hall–Kier alpha value is -0.960. The highest BCUT2D eigenvalue weighted by molar-refractivity contribution is 7.99. The van der Waals surface area contributed by atoms with Gasteiger partial charge in [0.15, 0.2) is 0 Å². The van der Waals surface area contributed by atoms with Gasteiger partial charge in [-0.15, -0.1) is 11.8 Å². The molecule has 0 heterocycles. The predicted octanol–water partition coefficient (Wildman–Crippen LogP) is 3.21. The van der Waals surface area contributed by atoms with Gasteiger partial charge in [-0.05, 0) is 42.9 Å². The number of carboxylic acid groups (broad SMARTS) is 1. The molecule has 2 nitrogen and oxygen atoms in total. The Balaban J connectivity index is 1.80. The first-order valence-corrected chi connectivity index (χ1v) is 6.66. The van der Waals surface area contributed by atoms with E-state index in [1.165, 1.54) is 23.5 Å². The number of benzene rings is 1. The lowest BCUT2D eigenvalue weighted by molar-refractivity contribution is -0.136. The standard InChI is InChI=1S/C13H16O2S/c14-13(15)8-5-10-3-6-12(7-4-10)16-9-11-1-2-11/h3-4,6-7,11H,1-2,5,8-9H2,(H,14,15). The summed E-state index contributed by atoms with van der Waals surface area (Å²) >= 11 is 1.91. The van der Waals surface area contributed by atoms with E-state index >= 15 is 0 Å². The third-order valence-corrected chi connectivity index (χ3v) is 3.98. The van der Waals surface area contributed by atoms with Crippen LogP contribution in [0.4, 0.5) is 0 Å². The van der Waals surface area contributed by atoms with Crippen LogP contribution in [0.2, 0.25) is 0 Å². The lowest BCUT2D eigenvalue weighted by atomic mass is 10.1. The maximum Gasteiger partial charge on any atom is 0.303 e. The van der Waals surface area contributed by atoms with E-state index in [-0.39, 0.29) is 6.42 Å². The van der Waals surface area contributed by atoms with Crippen LogP contribution in [-0.2, 0) is 11.2 Å². The van der Waals surface area contributed by atoms with Crippen molar-refractivity contribution >= 4 is 17.7 Å². The van der Waals surface area contributed by atoms with Gasteiger partial charge in [0, 0.05) is 17.1 Å². The molecule has 0 spiro atoms. The molecule has 1 saturated carbocycles. The number of carboxylic acids is 1. The van der Waals surface area contributed by atoms with Crippen molar-refractivity contribution in [2.75, 3.05) is 5.75 Å². The molecule has 0 bridgehead atoms. The van der Waals surface area contributed by atoms with Gasteiger partial charge in [-0.3, -0.25) is 4.79 Å². The Labute approximate surface area is 100 Å². The molecule has 1 fully saturated rings. The molecule has 0 saturated heterocycles. The van der Waals surface area contributed by atoms with Crippen LogP contribution in [0.3, 0.4) is 0 Å². The molecule has 0 amide bonds. The summed E-state index contributed by atoms with van der Waals surface area (Å²) in [7, 11) is 0. The van der Waals surface area contributed by atoms with Crippen LogP contribution < -0.4 is 0 Å². The minimum atomic E-state index is -0.729. The summed E-state index contributed by atoms with van der Waals surface area (Å²) in [5, 5.41) is 8.58. The SMILES string of the molecule is O=C(O)CCc1ccc(SCC2CC2)cc1. The summed E-state index contributed by atoms with van der Waals surface area (Å²) in [6, 6.07) is 8.28. The van der Waals surface area contributed by atoms with E-state index in [2.05, 4.69) is 12.1 Å². The van der Waals surface area contributed by atoms with Gasteiger partial charge in [-0.2, -0.15) is 0 Å². The van der Waals surface area contributed by atoms with Crippen LogP contribution in [0, 0.1) is 5.92 Å². The normalized spacial score (nSPS) is 15.0. The zero-order chi connectivity index (χ0) is 11.4. The number of aryl methyl sites for hydroxylation is 1. The fourth-order valence-electron chi connectivity index (χ4n) is 1.50. The van der Waals surface area contributed by atoms with Crippen molar-refractivity contribution in [1.29, 1.82) is 0 Å². The highest BCUT2D eigenvalue weighted by Crippen LogP contribution is 2.34. The highest BCUT2D eigenvalue weighted by atomic mass is 32.2. The Morgan fingerprint density at radius 3 is 2.56 bits per heavy atom. The maximum absolute atomic E-state index is 10.4. The smallest absolute Gasteiger partial charge is 0.303 e. The number of hydrogen-bond donors (Lipinski definition) is 1. The molecule has 86 valence electrons. The van der Waals surface area contributed by atoms with E-state index in [1.807, 2.05) is 23.9 Å². The Kier molecular flexibility index (Phi) is 3.88. The number of carbonyl (C=O) groups is 1. The van der Waals surface area contributed by atoms with E-state index in [0.29, 0.717) is 6.42 Å². The van der Waals surface area contributed by atoms with Gasteiger partial charge in [0.25, 0.3) is 0 Å². The molecule has 2 rings (SSSR count). The summed E-state index contributed by atoms with van der Waals surface area (Å²) in [5.74, 6) is 1.44. The first kappa shape index (κ1) is 11.5. The molecule has 1 aromatic rings. The topological polar surface area (TPSA) is 37.3 Å². The molecule has 1 aliphatic carbocycles. The van der Waals surface area contributed by atoms with E-state index in [1.54, 1.807) is 0 Å². The molecule has 0 aliphatic heterocycles. The second-order valence-electron chi connectivity index (χ2n) is 4.29. The van der Waals surface area contributed by atoms with Gasteiger partial charge in [0.1, 0.15) is 0 Å². The molecule has 0 radical (unpaired) electrons. The van der Waals surface area contributed by atoms with Crippen molar-refractivity contribution in [3.8, 4) is 0 Å². The molecule has 0 aromatic heterocycles. The van der Waals surface area contributed by atoms with Gasteiger partial charge < -0.3 is 5.11 Å². The average molecular weight is 236 g/mol. The van der Waals surface area contributed by atoms with Crippen LogP contribution in [0.1, 0.15) is 24.8 Å². The largest absolute Gasteiger partial charge is 0.481 e. The molecule has 3 heteroatoms. The van der Waals surface area contributed by atoms with Crippen LogP contribution in [0.5, 0.6) is 0 Å². The molecule has 1 aliphatic rings. The minimum Gasteiger partial charge on any atom is -0.481 e. The van der Waals surface area contributed by atoms with E-state index in [4.69, 9.17) is 5.11 Å². The molecular formula is C13H16O2S. The third-order valence-electron chi connectivity index (χ3n) is 2.73. The summed E-state index contributed by atoms with van der Waals surface area (Å²) in [6.07, 6.45) is 3.63. The summed E-state index contributed by atoms with van der Waals surface area (Å²) in [5.41, 5.74) is 1.11. The zero-order valence-electron chi connectivity index (χ0n) is 9.19. The van der Waals surface area contributed by atoms with Crippen molar-refractivity contribution in [2.45, 2.75) is 30.6 Å². The van der Waals surface area contributed by atoms with Crippen LogP contribution >= 0.6 is 11.8 Å². The number of thioether (sulfide) groups is 1. The van der Waals surface area contributed by atoms with Crippen LogP contribution in [0.25, 0.3) is 0 Å². The third kappa shape index (κ3) is 3.89. The van der Waals surface area contributed by atoms with E-state index in [9.17, 15) is 4.79 Å². The fourth-order valence-corrected chi connectivity index (χ4v) is 2.59. The van der Waals surface area contributed by atoms with Gasteiger partial charge >= 0.3 is 5.97 Å². The molecule has 16 heavy (non-hydrogen) atoms. The van der Waals surface area contributed by atoms with Crippen molar-refractivity contribution < 1.29 is 9.90 Å². The molecule has 1 N–H and O–H groups in total. The maximum atomic E-state index is 10.4. The highest BCUT2D eigenvalue weighted by Gasteiger charge is 2.20. The van der Waals surface area contributed by atoms with E-state index in [0.717, 1.165) is 11.5 Å². The van der Waals surface area contributed by atoms with Gasteiger partial charge in [0.2, 0.25) is 0 Å². The van der Waals surface area contributed by atoms with Gasteiger partial charge in [-0.25, -0.2) is 0 Å². The Morgan fingerprint density at radius 2 is 2.00 bits per heavy atom. The Morgan fingerprint density at radius 1 is 1.31 bits per heavy atom. The lowest BCUT2D eigenvalue weighted by Crippen LogP contribution is -1.97. The van der Waals surface area contributed by atoms with Crippen molar-refractivity contribution in [3.63, 3.8) is 0 Å². The fraction of sp³-hybridized carbons (Fsp3) is 0.462. The minimum absolute atomic E-state index is 0.217. The van der Waals surface area contributed by atoms with Gasteiger partial charge in [-0.1, -0.05) is 12.1 Å². The monoisotopic (exact) mass is 236 g/mol. The second-order valence-corrected chi connectivity index (χ2v) is 5.39. The quantitative estimate of drug-likeness (QED) is 0.771. The predicted molar refractivity (Wildman–Crippen MR) is 65.8 cm³/mol. The first-order chi connectivity index (χ1) is 7.74. The van der Waals surface area contributed by atoms with Crippen molar-refractivity contribution in [2.24, 2.45) is 5.92 Å². The molecule has 0 atom stereocenters. The van der Waals surface area contributed by atoms with Crippen LogP contribution in [0.15, 0.2) is 29.2 Å². The number of hydrogen-bond acceptors (Lipinski definition) is 2. The number of rotatable bonds is 6. The van der Waals surface area contributed by atoms with E-state index < -0.39 is 5.97 Å². The zero-order valence-corrected chi connectivity index (χ0v) is 10.0. The summed E-state index contributed by atoms with van der Waals surface area (Å²) in [4.78, 5) is 11.7. The summed E-state index contributed by atoms with van der Waals surface area (Å²) < 4.78 is 0. The van der Waals surface area contributed by atoms with Crippen molar-refractivity contribution in [3.05, 3.63) is 29.8 Å². The first-order valence-electron chi connectivity index (χ1n) is 5.67. The lowest BCUT2D eigenvalue weighted by Gasteiger charge is -2.02. The molecular weight excluding hydrogens is 220 g/mol. The van der Waals surface area contributed by atoms with Crippen LogP contribution in [-0.4, -0.2) is 16.8 Å². The average Bonchev–Trinajstić information content (AvgIpc) is 3.09. The summed E-state index contributed by atoms with van der Waals surface area (Å²) in [6.45, 7) is 0. The van der Waals surface area contributed by atoms with Crippen molar-refractivity contribution in [1.82, 2.24) is 0 Å². The number of aliphatic carboxylic acids is 1. The molecule has 1 aromatic carbocycles. The van der Waals surface area contributed by atoms with Gasteiger partial charge in [0.05, 0.1) is 0 Å². The molecule has 0 unspecified atom stereocenters.